The molecule has 0 unspecified atom stereocenters. The van der Waals surface area contributed by atoms with E-state index >= 15 is 0 Å². The molecule has 0 aliphatic heterocycles. The fourth-order valence-corrected chi connectivity index (χ4v) is 6.33. The molecule has 1 atom stereocenters. The van der Waals surface area contributed by atoms with Crippen molar-refractivity contribution in [2.24, 2.45) is 5.92 Å². The third-order valence-electron chi connectivity index (χ3n) is 5.98. The largest absolute Gasteiger partial charge is 0.342 e. The van der Waals surface area contributed by atoms with Gasteiger partial charge in [0.1, 0.15) is 0 Å². The molecule has 0 bridgehead atoms. The number of aromatic nitrogens is 4. The van der Waals surface area contributed by atoms with Gasteiger partial charge in [-0.2, -0.15) is 0 Å². The highest BCUT2D eigenvalue weighted by Crippen LogP contribution is 2.31. The summed E-state index contributed by atoms with van der Waals surface area (Å²) in [6, 6.07) is 14.3. The average molecular weight is 618 g/mol. The summed E-state index contributed by atoms with van der Waals surface area (Å²) < 4.78 is 1.93. The first-order valence-electron chi connectivity index (χ1n) is 12.8. The Morgan fingerprint density at radius 3 is 2.52 bits per heavy atom. The standard InChI is InChI=1S/C28H30Cl2N6O2S2/c1-5-36-25(22(13-16(2)3)31-26(38)20-12-11-19(29)14-21(20)30)34-35-28(36)39-15-23(37)32-27-33-24(17(4)40-27)18-9-7-6-8-10-18/h6-12,14,16,22H,5,13,15H2,1-4H3,(H,31,38)(H,32,33,37)/t22-/m0/s1. The molecule has 0 saturated heterocycles. The SMILES string of the molecule is CCn1c(SCC(=O)Nc2nc(-c3ccccc3)c(C)s2)nnc1[C@H](CC(C)C)NC(=O)c1ccc(Cl)cc1Cl. The molecule has 210 valence electrons. The first kappa shape index (κ1) is 30.0. The van der Waals surface area contributed by atoms with E-state index in [-0.39, 0.29) is 28.5 Å². The quantitative estimate of drug-likeness (QED) is 0.172. The van der Waals surface area contributed by atoms with Crippen molar-refractivity contribution in [3.8, 4) is 11.3 Å². The zero-order chi connectivity index (χ0) is 28.8. The van der Waals surface area contributed by atoms with Gasteiger partial charge >= 0.3 is 0 Å². The summed E-state index contributed by atoms with van der Waals surface area (Å²) >= 11 is 15.0. The summed E-state index contributed by atoms with van der Waals surface area (Å²) in [5, 5.41) is 16.6. The summed E-state index contributed by atoms with van der Waals surface area (Å²) in [4.78, 5) is 31.5. The highest BCUT2D eigenvalue weighted by Gasteiger charge is 2.25. The van der Waals surface area contributed by atoms with Crippen LogP contribution in [0.2, 0.25) is 10.0 Å². The number of aryl methyl sites for hydroxylation is 1. The molecule has 0 radical (unpaired) electrons. The van der Waals surface area contributed by atoms with Crippen molar-refractivity contribution in [1.82, 2.24) is 25.1 Å². The van der Waals surface area contributed by atoms with E-state index in [1.807, 2.05) is 48.7 Å². The van der Waals surface area contributed by atoms with Gasteiger partial charge in [-0.25, -0.2) is 4.98 Å². The molecule has 2 heterocycles. The number of nitrogens with one attached hydrogen (secondary N) is 2. The van der Waals surface area contributed by atoms with Gasteiger partial charge in [0.15, 0.2) is 16.1 Å². The number of amides is 2. The third kappa shape index (κ3) is 7.42. The number of thioether (sulfide) groups is 1. The predicted molar refractivity (Wildman–Crippen MR) is 163 cm³/mol. The number of carbonyl (C=O) groups is 2. The molecule has 2 aromatic heterocycles. The van der Waals surface area contributed by atoms with Gasteiger partial charge in [0.25, 0.3) is 5.91 Å². The molecule has 8 nitrogen and oxygen atoms in total. The molecule has 2 N–H and O–H groups in total. The van der Waals surface area contributed by atoms with Crippen molar-refractivity contribution in [2.75, 3.05) is 11.1 Å². The Hall–Kier alpha value is -2.92. The van der Waals surface area contributed by atoms with Crippen LogP contribution in [-0.4, -0.2) is 37.3 Å². The van der Waals surface area contributed by atoms with E-state index in [4.69, 9.17) is 23.2 Å². The first-order chi connectivity index (χ1) is 19.2. The van der Waals surface area contributed by atoms with Gasteiger partial charge in [-0.15, -0.1) is 21.5 Å². The molecular formula is C28H30Cl2N6O2S2. The number of carbonyl (C=O) groups excluding carboxylic acids is 2. The Kier molecular flexibility index (Phi) is 10.2. The van der Waals surface area contributed by atoms with Crippen LogP contribution in [0.4, 0.5) is 5.13 Å². The molecule has 0 fully saturated rings. The lowest BCUT2D eigenvalue weighted by molar-refractivity contribution is -0.113. The Morgan fingerprint density at radius 1 is 1.10 bits per heavy atom. The lowest BCUT2D eigenvalue weighted by Gasteiger charge is -2.21. The number of rotatable bonds is 11. The van der Waals surface area contributed by atoms with Crippen LogP contribution in [0.3, 0.4) is 0 Å². The molecule has 12 heteroatoms. The Morgan fingerprint density at radius 2 is 1.85 bits per heavy atom. The molecule has 0 spiro atoms. The van der Waals surface area contributed by atoms with Crippen molar-refractivity contribution in [1.29, 1.82) is 0 Å². The minimum Gasteiger partial charge on any atom is -0.342 e. The van der Waals surface area contributed by atoms with E-state index in [1.165, 1.54) is 23.1 Å². The van der Waals surface area contributed by atoms with Gasteiger partial charge in [0.2, 0.25) is 5.91 Å². The van der Waals surface area contributed by atoms with Crippen LogP contribution in [0, 0.1) is 12.8 Å². The third-order valence-corrected chi connectivity index (χ3v) is 8.38. The van der Waals surface area contributed by atoms with E-state index in [2.05, 4.69) is 39.7 Å². The minimum atomic E-state index is -0.399. The average Bonchev–Trinajstić information content (AvgIpc) is 3.49. The second-order valence-electron chi connectivity index (χ2n) is 9.49. The smallest absolute Gasteiger partial charge is 0.253 e. The lowest BCUT2D eigenvalue weighted by Crippen LogP contribution is -2.31. The second-order valence-corrected chi connectivity index (χ2v) is 12.5. The highest BCUT2D eigenvalue weighted by molar-refractivity contribution is 7.99. The van der Waals surface area contributed by atoms with Gasteiger partial charge in [-0.3, -0.25) is 9.59 Å². The highest BCUT2D eigenvalue weighted by atomic mass is 35.5. The Bertz CT molecular complexity index is 1490. The normalized spacial score (nSPS) is 12.0. The van der Waals surface area contributed by atoms with Gasteiger partial charge in [0.05, 0.1) is 28.1 Å². The number of thiazole rings is 1. The zero-order valence-electron chi connectivity index (χ0n) is 22.6. The molecule has 2 aromatic carbocycles. The van der Waals surface area contributed by atoms with E-state index in [0.29, 0.717) is 39.7 Å². The molecule has 0 saturated carbocycles. The maximum absolute atomic E-state index is 13.1. The predicted octanol–water partition coefficient (Wildman–Crippen LogP) is 7.28. The maximum atomic E-state index is 13.1. The first-order valence-corrected chi connectivity index (χ1v) is 15.4. The van der Waals surface area contributed by atoms with E-state index < -0.39 is 6.04 Å². The second kappa shape index (κ2) is 13.6. The molecule has 4 rings (SSSR count). The van der Waals surface area contributed by atoms with Gasteiger partial charge in [-0.05, 0) is 44.4 Å². The number of hydrogen-bond acceptors (Lipinski definition) is 7. The number of nitrogens with zero attached hydrogens (tertiary/aromatic N) is 4. The van der Waals surface area contributed by atoms with Crippen molar-refractivity contribution in [3.63, 3.8) is 0 Å². The summed E-state index contributed by atoms with van der Waals surface area (Å²) in [5.74, 6) is 0.534. The molecule has 4 aromatic rings. The molecule has 0 aliphatic rings. The zero-order valence-corrected chi connectivity index (χ0v) is 25.7. The van der Waals surface area contributed by atoms with Crippen LogP contribution >= 0.6 is 46.3 Å². The molecule has 40 heavy (non-hydrogen) atoms. The van der Waals surface area contributed by atoms with Crippen molar-refractivity contribution in [3.05, 3.63) is 74.8 Å². The van der Waals surface area contributed by atoms with Crippen molar-refractivity contribution < 1.29 is 9.59 Å². The summed E-state index contributed by atoms with van der Waals surface area (Å²) in [6.45, 7) is 8.69. The van der Waals surface area contributed by atoms with Gasteiger partial charge < -0.3 is 15.2 Å². The Balaban J connectivity index is 1.45. The van der Waals surface area contributed by atoms with E-state index in [0.717, 1.165) is 16.1 Å². The van der Waals surface area contributed by atoms with E-state index in [9.17, 15) is 9.59 Å². The van der Waals surface area contributed by atoms with Crippen LogP contribution in [0.25, 0.3) is 11.3 Å². The number of benzene rings is 2. The van der Waals surface area contributed by atoms with Crippen LogP contribution in [0.1, 0.15) is 54.3 Å². The van der Waals surface area contributed by atoms with Gasteiger partial charge in [-0.1, -0.05) is 79.1 Å². The van der Waals surface area contributed by atoms with Gasteiger partial charge in [0, 0.05) is 22.0 Å². The molecule has 0 aliphatic carbocycles. The number of anilines is 1. The molecular weight excluding hydrogens is 587 g/mol. The van der Waals surface area contributed by atoms with E-state index in [1.54, 1.807) is 18.2 Å². The lowest BCUT2D eigenvalue weighted by atomic mass is 10.0. The fourth-order valence-electron chi connectivity index (χ4n) is 4.17. The van der Waals surface area contributed by atoms with Crippen LogP contribution < -0.4 is 10.6 Å². The Labute approximate surface area is 251 Å². The summed E-state index contributed by atoms with van der Waals surface area (Å²) in [7, 11) is 0. The van der Waals surface area contributed by atoms with Crippen LogP contribution in [-0.2, 0) is 11.3 Å². The minimum absolute atomic E-state index is 0.138. The summed E-state index contributed by atoms with van der Waals surface area (Å²) in [5.41, 5.74) is 2.21. The maximum Gasteiger partial charge on any atom is 0.253 e. The topological polar surface area (TPSA) is 102 Å². The fraction of sp³-hybridized carbons (Fsp3) is 0.321. The van der Waals surface area contributed by atoms with Crippen molar-refractivity contribution in [2.45, 2.75) is 51.9 Å². The van der Waals surface area contributed by atoms with Crippen molar-refractivity contribution >= 4 is 63.2 Å². The molecule has 2 amide bonds. The number of hydrogen-bond donors (Lipinski definition) is 2. The summed E-state index contributed by atoms with van der Waals surface area (Å²) in [6.07, 6.45) is 0.646. The monoisotopic (exact) mass is 616 g/mol. The van der Waals surface area contributed by atoms with Crippen LogP contribution in [0.15, 0.2) is 53.7 Å². The number of halogens is 2. The van der Waals surface area contributed by atoms with Crippen LogP contribution in [0.5, 0.6) is 0 Å².